The van der Waals surface area contributed by atoms with Gasteiger partial charge in [0.25, 0.3) is 5.91 Å². The van der Waals surface area contributed by atoms with Crippen molar-refractivity contribution >= 4 is 23.2 Å². The summed E-state index contributed by atoms with van der Waals surface area (Å²) < 4.78 is 7.07. The number of ether oxygens (including phenoxy) is 1. The number of amides is 1. The highest BCUT2D eigenvalue weighted by atomic mass is 35.5. The predicted octanol–water partition coefficient (Wildman–Crippen LogP) is 2.58. The quantitative estimate of drug-likeness (QED) is 0.939. The molecule has 2 aromatic rings. The normalized spacial score (nSPS) is 10.1. The molecule has 1 amide bonds. The Hall–Kier alpha value is -2.52. The third-order valence-electron chi connectivity index (χ3n) is 3.19. The molecule has 6 nitrogen and oxygen atoms in total. The number of benzene rings is 1. The molecule has 1 aromatic heterocycles. The summed E-state index contributed by atoms with van der Waals surface area (Å²) in [5, 5.41) is 16.1. The van der Waals surface area contributed by atoms with Gasteiger partial charge in [-0.25, -0.2) is 0 Å². The average molecular weight is 319 g/mol. The van der Waals surface area contributed by atoms with Crippen LogP contribution in [0.4, 0.5) is 5.69 Å². The third-order valence-corrected chi connectivity index (χ3v) is 3.49. The van der Waals surface area contributed by atoms with Crippen molar-refractivity contribution in [3.63, 3.8) is 0 Å². The second-order valence-electron chi connectivity index (χ2n) is 4.76. The van der Waals surface area contributed by atoms with Crippen LogP contribution in [0, 0.1) is 25.2 Å². The highest BCUT2D eigenvalue weighted by molar-refractivity contribution is 6.32. The van der Waals surface area contributed by atoms with Crippen LogP contribution in [-0.4, -0.2) is 22.3 Å². The summed E-state index contributed by atoms with van der Waals surface area (Å²) in [6.45, 7) is 3.51. The number of hydrogen-bond donors (Lipinski definition) is 1. The van der Waals surface area contributed by atoms with Crippen LogP contribution in [0.1, 0.15) is 17.0 Å². The van der Waals surface area contributed by atoms with Crippen LogP contribution < -0.4 is 10.1 Å². The Labute approximate surface area is 133 Å². The minimum atomic E-state index is -0.306. The zero-order valence-electron chi connectivity index (χ0n) is 12.5. The van der Waals surface area contributed by atoms with Crippen molar-refractivity contribution in [2.75, 3.05) is 11.9 Å². The number of carbonyl (C=O) groups is 1. The summed E-state index contributed by atoms with van der Waals surface area (Å²) in [4.78, 5) is 12.0. The van der Waals surface area contributed by atoms with Gasteiger partial charge in [-0.05, 0) is 32.0 Å². The van der Waals surface area contributed by atoms with Crippen molar-refractivity contribution in [2.45, 2.75) is 13.8 Å². The Kier molecular flexibility index (Phi) is 4.68. The molecule has 0 spiro atoms. The van der Waals surface area contributed by atoms with E-state index in [2.05, 4.69) is 10.4 Å². The molecule has 0 bridgehead atoms. The van der Waals surface area contributed by atoms with Gasteiger partial charge in [-0.1, -0.05) is 11.6 Å². The second-order valence-corrected chi connectivity index (χ2v) is 5.17. The molecule has 0 fully saturated rings. The zero-order chi connectivity index (χ0) is 16.3. The number of anilines is 1. The largest absolute Gasteiger partial charge is 0.482 e. The smallest absolute Gasteiger partial charge is 0.262 e. The minimum Gasteiger partial charge on any atom is -0.482 e. The molecule has 0 aliphatic carbocycles. The first-order chi connectivity index (χ1) is 10.4. The Bertz CT molecular complexity index is 762. The molecule has 1 N–H and O–H groups in total. The van der Waals surface area contributed by atoms with Crippen LogP contribution in [0.3, 0.4) is 0 Å². The van der Waals surface area contributed by atoms with Crippen molar-refractivity contribution in [3.8, 4) is 11.8 Å². The van der Waals surface area contributed by atoms with E-state index in [1.165, 1.54) is 6.07 Å². The lowest BCUT2D eigenvalue weighted by atomic mass is 10.2. The van der Waals surface area contributed by atoms with E-state index in [0.717, 1.165) is 11.4 Å². The van der Waals surface area contributed by atoms with Gasteiger partial charge in [-0.3, -0.25) is 9.48 Å². The summed E-state index contributed by atoms with van der Waals surface area (Å²) in [6, 6.07) is 6.61. The van der Waals surface area contributed by atoms with Gasteiger partial charge in [-0.2, -0.15) is 10.4 Å². The van der Waals surface area contributed by atoms with E-state index in [-0.39, 0.29) is 12.5 Å². The Morgan fingerprint density at radius 1 is 1.50 bits per heavy atom. The monoisotopic (exact) mass is 318 g/mol. The molecule has 0 radical (unpaired) electrons. The van der Waals surface area contributed by atoms with Crippen LogP contribution >= 0.6 is 11.6 Å². The van der Waals surface area contributed by atoms with Gasteiger partial charge in [0.1, 0.15) is 5.75 Å². The van der Waals surface area contributed by atoms with Gasteiger partial charge in [0.2, 0.25) is 0 Å². The lowest BCUT2D eigenvalue weighted by Crippen LogP contribution is -2.21. The highest BCUT2D eigenvalue weighted by Gasteiger charge is 2.13. The Morgan fingerprint density at radius 2 is 2.23 bits per heavy atom. The van der Waals surface area contributed by atoms with E-state index in [4.69, 9.17) is 21.6 Å². The summed E-state index contributed by atoms with van der Waals surface area (Å²) >= 11 is 5.98. The first-order valence-electron chi connectivity index (χ1n) is 6.55. The van der Waals surface area contributed by atoms with Crippen molar-refractivity contribution in [1.82, 2.24) is 9.78 Å². The van der Waals surface area contributed by atoms with E-state index in [9.17, 15) is 4.79 Å². The van der Waals surface area contributed by atoms with Gasteiger partial charge in [0.15, 0.2) is 6.61 Å². The maximum absolute atomic E-state index is 12.0. The summed E-state index contributed by atoms with van der Waals surface area (Å²) in [5.74, 6) is 0.0510. The van der Waals surface area contributed by atoms with Gasteiger partial charge in [-0.15, -0.1) is 0 Å². The number of aryl methyl sites for hydroxylation is 2. The van der Waals surface area contributed by atoms with Gasteiger partial charge < -0.3 is 10.1 Å². The molecule has 1 heterocycles. The molecular weight excluding hydrogens is 304 g/mol. The molecule has 0 saturated carbocycles. The molecule has 0 aliphatic rings. The number of halogens is 1. The highest BCUT2D eigenvalue weighted by Crippen LogP contribution is 2.25. The maximum Gasteiger partial charge on any atom is 0.262 e. The lowest BCUT2D eigenvalue weighted by Gasteiger charge is -2.09. The maximum atomic E-state index is 12.0. The van der Waals surface area contributed by atoms with E-state index in [1.807, 2.05) is 27.0 Å². The fourth-order valence-electron chi connectivity index (χ4n) is 1.96. The number of aromatic nitrogens is 2. The molecule has 0 aliphatic heterocycles. The first-order valence-corrected chi connectivity index (χ1v) is 6.92. The molecule has 1 aromatic carbocycles. The van der Waals surface area contributed by atoms with Gasteiger partial charge in [0.05, 0.1) is 33.7 Å². The Balaban J connectivity index is 2.00. The predicted molar refractivity (Wildman–Crippen MR) is 83.0 cm³/mol. The number of carbonyl (C=O) groups excluding carboxylic acids is 1. The number of nitriles is 1. The van der Waals surface area contributed by atoms with Crippen LogP contribution in [0.15, 0.2) is 18.2 Å². The van der Waals surface area contributed by atoms with Crippen molar-refractivity contribution < 1.29 is 9.53 Å². The molecule has 114 valence electrons. The van der Waals surface area contributed by atoms with Crippen LogP contribution in [0.25, 0.3) is 0 Å². The second kappa shape index (κ2) is 6.50. The van der Waals surface area contributed by atoms with E-state index < -0.39 is 0 Å². The molecular formula is C15H15ClN4O2. The van der Waals surface area contributed by atoms with Crippen LogP contribution in [0.2, 0.25) is 5.02 Å². The zero-order valence-corrected chi connectivity index (χ0v) is 13.2. The SMILES string of the molecule is Cc1nn(C)c(C)c1NC(=O)COc1ccc(C#N)cc1Cl. The summed E-state index contributed by atoms with van der Waals surface area (Å²) in [7, 11) is 1.81. The third kappa shape index (κ3) is 3.38. The molecule has 2 rings (SSSR count). The number of rotatable bonds is 4. The average Bonchev–Trinajstić information content (AvgIpc) is 2.72. The van der Waals surface area contributed by atoms with E-state index >= 15 is 0 Å². The van der Waals surface area contributed by atoms with Crippen molar-refractivity contribution in [1.29, 1.82) is 5.26 Å². The van der Waals surface area contributed by atoms with E-state index in [0.29, 0.717) is 22.0 Å². The van der Waals surface area contributed by atoms with Crippen molar-refractivity contribution in [2.24, 2.45) is 7.05 Å². The lowest BCUT2D eigenvalue weighted by molar-refractivity contribution is -0.118. The van der Waals surface area contributed by atoms with Crippen LogP contribution in [0.5, 0.6) is 5.75 Å². The van der Waals surface area contributed by atoms with Gasteiger partial charge in [0, 0.05) is 7.05 Å². The standard InChI is InChI=1S/C15H15ClN4O2/c1-9-15(10(2)20(3)19-9)18-14(21)8-22-13-5-4-11(7-17)6-12(13)16/h4-6H,8H2,1-3H3,(H,18,21). The fraction of sp³-hybridized carbons (Fsp3) is 0.267. The fourth-order valence-corrected chi connectivity index (χ4v) is 2.20. The topological polar surface area (TPSA) is 79.9 Å². The molecule has 0 atom stereocenters. The first kappa shape index (κ1) is 15.9. The van der Waals surface area contributed by atoms with Gasteiger partial charge >= 0.3 is 0 Å². The van der Waals surface area contributed by atoms with Crippen molar-refractivity contribution in [3.05, 3.63) is 40.2 Å². The number of hydrogen-bond acceptors (Lipinski definition) is 4. The minimum absolute atomic E-state index is 0.181. The number of nitrogens with zero attached hydrogens (tertiary/aromatic N) is 3. The number of nitrogens with one attached hydrogen (secondary N) is 1. The molecule has 7 heteroatoms. The summed E-state index contributed by atoms with van der Waals surface area (Å²) in [6.07, 6.45) is 0. The molecule has 0 saturated heterocycles. The van der Waals surface area contributed by atoms with Crippen LogP contribution in [-0.2, 0) is 11.8 Å². The summed E-state index contributed by atoms with van der Waals surface area (Å²) in [5.41, 5.74) is 2.72. The van der Waals surface area contributed by atoms with E-state index in [1.54, 1.807) is 16.8 Å². The Morgan fingerprint density at radius 3 is 2.77 bits per heavy atom. The molecule has 22 heavy (non-hydrogen) atoms. The molecule has 0 unspecified atom stereocenters.